The molecule has 1 rings (SSSR count). The summed E-state index contributed by atoms with van der Waals surface area (Å²) in [5.41, 5.74) is -0.189. The Labute approximate surface area is 115 Å². The van der Waals surface area contributed by atoms with Gasteiger partial charge < -0.3 is 15.7 Å². The van der Waals surface area contributed by atoms with E-state index in [0.29, 0.717) is 25.3 Å². The zero-order valence-electron chi connectivity index (χ0n) is 12.6. The van der Waals surface area contributed by atoms with Crippen molar-refractivity contribution in [3.05, 3.63) is 11.8 Å². The average molecular weight is 269 g/mol. The maximum Gasteiger partial charge on any atom is 0.221 e. The van der Waals surface area contributed by atoms with Crippen molar-refractivity contribution >= 4 is 5.91 Å². The minimum absolute atomic E-state index is 0.00365. The Bertz CT molecular complexity index is 356. The molecule has 1 amide bonds. The third-order valence-electron chi connectivity index (χ3n) is 2.92. The van der Waals surface area contributed by atoms with Gasteiger partial charge >= 0.3 is 0 Å². The fraction of sp³-hybridized carbons (Fsp3) is 0.786. The maximum atomic E-state index is 11.7. The summed E-state index contributed by atoms with van der Waals surface area (Å²) in [6, 6.07) is -0.186. The van der Waals surface area contributed by atoms with Gasteiger partial charge in [0, 0.05) is 30.6 Å². The van der Waals surface area contributed by atoms with Gasteiger partial charge in [-0.3, -0.25) is 10.1 Å². The Morgan fingerprint density at radius 3 is 2.58 bits per heavy atom. The van der Waals surface area contributed by atoms with Crippen molar-refractivity contribution < 1.29 is 9.90 Å². The molecule has 4 N–H and O–H groups in total. The molecular weight excluding hydrogens is 242 g/mol. The van der Waals surface area contributed by atoms with Gasteiger partial charge in [-0.15, -0.1) is 0 Å². The number of nitrogens with one attached hydrogen (secondary N) is 3. The number of amides is 1. The van der Waals surface area contributed by atoms with Gasteiger partial charge in [0.15, 0.2) is 0 Å². The summed E-state index contributed by atoms with van der Waals surface area (Å²) in [5, 5.41) is 19.1. The Hall–Kier alpha value is -1.07. The molecule has 1 heterocycles. The van der Waals surface area contributed by atoms with Gasteiger partial charge in [-0.25, -0.2) is 0 Å². The molecule has 0 aliphatic carbocycles. The highest BCUT2D eigenvalue weighted by Crippen LogP contribution is 2.18. The van der Waals surface area contributed by atoms with E-state index < -0.39 is 0 Å². The summed E-state index contributed by atoms with van der Waals surface area (Å²) < 4.78 is 0. The highest BCUT2D eigenvalue weighted by molar-refractivity contribution is 5.76. The number of rotatable bonds is 5. The lowest BCUT2D eigenvalue weighted by Crippen LogP contribution is -2.46. The number of aliphatic hydroxyl groups excluding tert-OH is 1. The number of carbonyl (C=O) groups is 1. The molecule has 0 fully saturated rings. The van der Waals surface area contributed by atoms with Crippen molar-refractivity contribution in [1.82, 2.24) is 16.0 Å². The minimum atomic E-state index is -0.215. The van der Waals surface area contributed by atoms with Crippen molar-refractivity contribution in [3.8, 4) is 0 Å². The van der Waals surface area contributed by atoms with E-state index in [1.807, 2.05) is 13.8 Å². The van der Waals surface area contributed by atoms with E-state index in [1.165, 1.54) is 0 Å². The molecule has 0 aromatic rings. The molecule has 1 atom stereocenters. The summed E-state index contributed by atoms with van der Waals surface area (Å²) in [5.74, 6) is 0.300. The monoisotopic (exact) mass is 269 g/mol. The van der Waals surface area contributed by atoms with E-state index in [2.05, 4.69) is 36.7 Å². The van der Waals surface area contributed by atoms with Crippen LogP contribution in [-0.2, 0) is 4.79 Å². The fourth-order valence-electron chi connectivity index (χ4n) is 2.05. The molecular formula is C14H27N3O2. The molecule has 1 aliphatic rings. The van der Waals surface area contributed by atoms with Crippen LogP contribution in [0.5, 0.6) is 0 Å². The first-order valence-corrected chi connectivity index (χ1v) is 6.80. The Balaban J connectivity index is 2.23. The van der Waals surface area contributed by atoms with Crippen molar-refractivity contribution in [1.29, 1.82) is 0 Å². The number of aliphatic hydroxyl groups is 1. The topological polar surface area (TPSA) is 73.4 Å². The first kappa shape index (κ1) is 16.0. The molecule has 0 radical (unpaired) electrons. The Morgan fingerprint density at radius 1 is 1.47 bits per heavy atom. The average Bonchev–Trinajstić information content (AvgIpc) is 2.47. The van der Waals surface area contributed by atoms with Crippen LogP contribution in [0.15, 0.2) is 11.8 Å². The van der Waals surface area contributed by atoms with Gasteiger partial charge in [0.05, 0.1) is 6.04 Å². The van der Waals surface area contributed by atoms with E-state index in [9.17, 15) is 9.90 Å². The summed E-state index contributed by atoms with van der Waals surface area (Å²) in [6.07, 6.45) is 2.23. The summed E-state index contributed by atoms with van der Waals surface area (Å²) >= 11 is 0. The van der Waals surface area contributed by atoms with E-state index in [1.54, 1.807) is 6.08 Å². The normalized spacial score (nSPS) is 22.2. The van der Waals surface area contributed by atoms with Crippen molar-refractivity contribution in [2.45, 2.75) is 58.2 Å². The highest BCUT2D eigenvalue weighted by atomic mass is 16.3. The largest absolute Gasteiger partial charge is 0.511 e. The van der Waals surface area contributed by atoms with Crippen LogP contribution < -0.4 is 16.0 Å². The Morgan fingerprint density at radius 2 is 2.11 bits per heavy atom. The first-order chi connectivity index (χ1) is 8.59. The number of hydrogen-bond donors (Lipinski definition) is 4. The molecule has 0 aromatic heterocycles. The predicted octanol–water partition coefficient (Wildman–Crippen LogP) is 1.07. The minimum Gasteiger partial charge on any atom is -0.511 e. The van der Waals surface area contributed by atoms with Crippen LogP contribution in [0.25, 0.3) is 0 Å². The van der Waals surface area contributed by atoms with Crippen LogP contribution in [0, 0.1) is 0 Å². The lowest BCUT2D eigenvalue weighted by atomic mass is 10.1. The second kappa shape index (κ2) is 5.92. The Kier molecular flexibility index (Phi) is 4.98. The van der Waals surface area contributed by atoms with Crippen molar-refractivity contribution in [2.24, 2.45) is 0 Å². The van der Waals surface area contributed by atoms with E-state index >= 15 is 0 Å². The molecule has 110 valence electrons. The second-order valence-corrected chi connectivity index (χ2v) is 6.72. The third-order valence-corrected chi connectivity index (χ3v) is 2.92. The molecule has 0 saturated carbocycles. The maximum absolute atomic E-state index is 11.7. The van der Waals surface area contributed by atoms with Gasteiger partial charge in [-0.2, -0.15) is 0 Å². The van der Waals surface area contributed by atoms with Crippen LogP contribution in [0.3, 0.4) is 0 Å². The third kappa shape index (κ3) is 6.07. The van der Waals surface area contributed by atoms with Crippen molar-refractivity contribution in [3.63, 3.8) is 0 Å². The van der Waals surface area contributed by atoms with E-state index in [0.717, 1.165) is 0 Å². The number of hydrogen-bond acceptors (Lipinski definition) is 4. The second-order valence-electron chi connectivity index (χ2n) is 6.72. The zero-order chi connectivity index (χ0) is 14.7. The number of carbonyl (C=O) groups excluding carboxylic acids is 1. The highest BCUT2D eigenvalue weighted by Gasteiger charge is 2.30. The van der Waals surface area contributed by atoms with Crippen LogP contribution in [0.4, 0.5) is 0 Å². The van der Waals surface area contributed by atoms with Crippen LogP contribution in [-0.4, -0.2) is 41.2 Å². The van der Waals surface area contributed by atoms with Gasteiger partial charge in [0.1, 0.15) is 5.76 Å². The lowest BCUT2D eigenvalue weighted by molar-refractivity contribution is -0.121. The lowest BCUT2D eigenvalue weighted by Gasteiger charge is -2.21. The summed E-state index contributed by atoms with van der Waals surface area (Å²) in [6.45, 7) is 11.2. The van der Waals surface area contributed by atoms with Gasteiger partial charge in [-0.05, 0) is 40.7 Å². The standard InChI is InChI=1S/C14H27N3O2/c1-13(2,3)16-7-6-12(19)15-9-10-11(18)8-14(4,5)17-10/h8,10,16-18H,6-7,9H2,1-5H3,(H,15,19)/t10-/m1/s1. The van der Waals surface area contributed by atoms with Crippen LogP contribution in [0.2, 0.25) is 0 Å². The molecule has 0 spiro atoms. The SMILES string of the molecule is CC(C)(C)NCCC(=O)NC[C@H]1NC(C)(C)C=C1O. The quantitative estimate of drug-likeness (QED) is 0.602. The molecule has 0 unspecified atom stereocenters. The zero-order valence-corrected chi connectivity index (χ0v) is 12.6. The molecule has 0 aromatic carbocycles. The molecule has 0 bridgehead atoms. The van der Waals surface area contributed by atoms with Crippen molar-refractivity contribution in [2.75, 3.05) is 13.1 Å². The predicted molar refractivity (Wildman–Crippen MR) is 77.1 cm³/mol. The smallest absolute Gasteiger partial charge is 0.221 e. The molecule has 5 heteroatoms. The molecule has 19 heavy (non-hydrogen) atoms. The van der Waals surface area contributed by atoms with E-state index in [4.69, 9.17) is 0 Å². The fourth-order valence-corrected chi connectivity index (χ4v) is 2.05. The van der Waals surface area contributed by atoms with Gasteiger partial charge in [0.2, 0.25) is 5.91 Å². The van der Waals surface area contributed by atoms with Crippen LogP contribution in [0.1, 0.15) is 41.0 Å². The molecule has 1 aliphatic heterocycles. The molecule has 0 saturated heterocycles. The van der Waals surface area contributed by atoms with Gasteiger partial charge in [-0.1, -0.05) is 0 Å². The van der Waals surface area contributed by atoms with Gasteiger partial charge in [0.25, 0.3) is 0 Å². The first-order valence-electron chi connectivity index (χ1n) is 6.80. The summed E-state index contributed by atoms with van der Waals surface area (Å²) in [7, 11) is 0. The van der Waals surface area contributed by atoms with Crippen LogP contribution >= 0.6 is 0 Å². The summed E-state index contributed by atoms with van der Waals surface area (Å²) in [4.78, 5) is 11.7. The molecule has 5 nitrogen and oxygen atoms in total. The van der Waals surface area contributed by atoms with E-state index in [-0.39, 0.29) is 23.0 Å².